The highest BCUT2D eigenvalue weighted by Crippen LogP contribution is 2.59. The van der Waals surface area contributed by atoms with Crippen molar-refractivity contribution in [3.05, 3.63) is 106 Å². The van der Waals surface area contributed by atoms with E-state index in [-0.39, 0.29) is 22.2 Å². The maximum Gasteiger partial charge on any atom is 0.271 e. The molecule has 0 radical (unpaired) electrons. The lowest BCUT2D eigenvalue weighted by molar-refractivity contribution is -0.384. The molecule has 5 heteroatoms. The van der Waals surface area contributed by atoms with Gasteiger partial charge in [0.25, 0.3) is 5.69 Å². The number of nitrogens with one attached hydrogen (secondary N) is 1. The summed E-state index contributed by atoms with van der Waals surface area (Å²) in [6.07, 6.45) is 6.87. The Labute approximate surface area is 187 Å². The van der Waals surface area contributed by atoms with Crippen LogP contribution in [0.4, 0.5) is 17.1 Å². The summed E-state index contributed by atoms with van der Waals surface area (Å²) in [7, 11) is 0. The first-order valence-electron chi connectivity index (χ1n) is 11.4. The summed E-state index contributed by atoms with van der Waals surface area (Å²) < 4.78 is 0. The van der Waals surface area contributed by atoms with E-state index in [1.165, 1.54) is 12.0 Å². The van der Waals surface area contributed by atoms with Gasteiger partial charge in [-0.1, -0.05) is 73.2 Å². The van der Waals surface area contributed by atoms with Crippen molar-refractivity contribution in [3.8, 4) is 0 Å². The Morgan fingerprint density at radius 3 is 2.47 bits per heavy atom. The van der Waals surface area contributed by atoms with E-state index >= 15 is 0 Å². The minimum absolute atomic E-state index is 0.132. The lowest BCUT2D eigenvalue weighted by atomic mass is 9.66. The van der Waals surface area contributed by atoms with Gasteiger partial charge >= 0.3 is 0 Å². The summed E-state index contributed by atoms with van der Waals surface area (Å²) in [5, 5.41) is 15.5. The van der Waals surface area contributed by atoms with Crippen molar-refractivity contribution in [3.63, 3.8) is 0 Å². The first-order chi connectivity index (χ1) is 15.7. The molecular formula is C27H25N3O2. The van der Waals surface area contributed by atoms with Crippen molar-refractivity contribution in [2.45, 2.75) is 37.3 Å². The predicted octanol–water partition coefficient (Wildman–Crippen LogP) is 6.55. The molecule has 3 aliphatic rings. The number of hydrogen-bond acceptors (Lipinski definition) is 4. The van der Waals surface area contributed by atoms with Crippen LogP contribution in [-0.4, -0.2) is 10.6 Å². The molecule has 1 spiro atoms. The molecule has 6 rings (SSSR count). The van der Waals surface area contributed by atoms with Crippen molar-refractivity contribution in [1.82, 2.24) is 0 Å². The quantitative estimate of drug-likeness (QED) is 0.383. The molecule has 0 bridgehead atoms. The van der Waals surface area contributed by atoms with E-state index in [2.05, 4.69) is 70.9 Å². The SMILES string of the molecule is O=[N+]([O-])c1ccc2c(c1)N1C(c3ccccc3)=C[C@@H](c3ccccc3)[C@@H]3CCCC[C@]31N2. The fourth-order valence-electron chi connectivity index (χ4n) is 6.06. The van der Waals surface area contributed by atoms with Gasteiger partial charge < -0.3 is 10.2 Å². The average molecular weight is 424 g/mol. The standard InChI is InChI=1S/C27H25N3O2/c31-30(32)21-14-15-24-26(17-21)29-25(20-11-5-2-6-12-20)18-22(19-9-3-1-4-10-19)23-13-7-8-16-27(23,29)28-24/h1-6,9-12,14-15,17-18,22-23,28H,7-8,13,16H2/t22-,23-,27+/m0/s1. The van der Waals surface area contributed by atoms with Gasteiger partial charge in [0.15, 0.2) is 0 Å². The fourth-order valence-corrected chi connectivity index (χ4v) is 6.06. The fraction of sp³-hybridized carbons (Fsp3) is 0.259. The summed E-state index contributed by atoms with van der Waals surface area (Å²) in [6.45, 7) is 0. The smallest absolute Gasteiger partial charge is 0.271 e. The Bertz CT molecular complexity index is 1210. The van der Waals surface area contributed by atoms with Crippen molar-refractivity contribution >= 4 is 22.8 Å². The largest absolute Gasteiger partial charge is 0.360 e. The topological polar surface area (TPSA) is 58.4 Å². The molecule has 5 nitrogen and oxygen atoms in total. The van der Waals surface area contributed by atoms with Gasteiger partial charge in [-0.25, -0.2) is 0 Å². The van der Waals surface area contributed by atoms with Gasteiger partial charge in [0, 0.05) is 29.7 Å². The van der Waals surface area contributed by atoms with Gasteiger partial charge in [-0.3, -0.25) is 10.1 Å². The van der Waals surface area contributed by atoms with Gasteiger partial charge in [-0.2, -0.15) is 0 Å². The predicted molar refractivity (Wildman–Crippen MR) is 127 cm³/mol. The molecule has 2 heterocycles. The maximum atomic E-state index is 11.6. The van der Waals surface area contributed by atoms with Crippen molar-refractivity contribution in [1.29, 1.82) is 0 Å². The highest BCUT2D eigenvalue weighted by Gasteiger charge is 2.56. The van der Waals surface area contributed by atoms with E-state index in [1.54, 1.807) is 12.1 Å². The van der Waals surface area contributed by atoms with Crippen LogP contribution in [0.2, 0.25) is 0 Å². The molecule has 0 saturated heterocycles. The highest BCUT2D eigenvalue weighted by molar-refractivity contribution is 5.94. The molecule has 1 aliphatic carbocycles. The number of rotatable bonds is 3. The van der Waals surface area contributed by atoms with E-state index in [0.717, 1.165) is 41.9 Å². The Balaban J connectivity index is 1.60. The van der Waals surface area contributed by atoms with Gasteiger partial charge in [0.2, 0.25) is 0 Å². The second-order valence-electron chi connectivity index (χ2n) is 9.05. The van der Waals surface area contributed by atoms with Crippen LogP contribution in [-0.2, 0) is 0 Å². The monoisotopic (exact) mass is 423 g/mol. The number of non-ortho nitro benzene ring substituents is 1. The van der Waals surface area contributed by atoms with Gasteiger partial charge in [-0.15, -0.1) is 0 Å². The Morgan fingerprint density at radius 1 is 0.969 bits per heavy atom. The van der Waals surface area contributed by atoms with Gasteiger partial charge in [0.1, 0.15) is 5.66 Å². The molecule has 0 aromatic heterocycles. The second kappa shape index (κ2) is 7.23. The third kappa shape index (κ3) is 2.77. The number of allylic oxidation sites excluding steroid dienone is 1. The normalized spacial score (nSPS) is 25.8. The van der Waals surface area contributed by atoms with Crippen LogP contribution in [0.15, 0.2) is 84.9 Å². The Hall–Kier alpha value is -3.60. The molecular weight excluding hydrogens is 398 g/mol. The summed E-state index contributed by atoms with van der Waals surface area (Å²) >= 11 is 0. The third-order valence-electron chi connectivity index (χ3n) is 7.39. The number of nitro groups is 1. The minimum atomic E-state index is -0.299. The lowest BCUT2D eigenvalue weighted by Gasteiger charge is -2.54. The minimum Gasteiger partial charge on any atom is -0.360 e. The molecule has 3 atom stereocenters. The lowest BCUT2D eigenvalue weighted by Crippen LogP contribution is -2.60. The second-order valence-corrected chi connectivity index (χ2v) is 9.05. The van der Waals surface area contributed by atoms with E-state index in [4.69, 9.17) is 0 Å². The zero-order chi connectivity index (χ0) is 21.7. The van der Waals surface area contributed by atoms with Crippen LogP contribution in [0.25, 0.3) is 5.70 Å². The number of hydrogen-bond donors (Lipinski definition) is 1. The summed E-state index contributed by atoms with van der Waals surface area (Å²) in [5.74, 6) is 0.650. The Morgan fingerprint density at radius 2 is 1.72 bits per heavy atom. The number of nitro benzene ring substituents is 1. The molecule has 3 aromatic rings. The molecule has 1 N–H and O–H groups in total. The highest BCUT2D eigenvalue weighted by atomic mass is 16.6. The van der Waals surface area contributed by atoms with Crippen LogP contribution in [0.5, 0.6) is 0 Å². The number of benzene rings is 3. The van der Waals surface area contributed by atoms with Crippen LogP contribution >= 0.6 is 0 Å². The zero-order valence-corrected chi connectivity index (χ0v) is 17.8. The zero-order valence-electron chi connectivity index (χ0n) is 17.8. The van der Waals surface area contributed by atoms with Crippen molar-refractivity contribution < 1.29 is 4.92 Å². The first-order valence-corrected chi connectivity index (χ1v) is 11.4. The summed E-state index contributed by atoms with van der Waals surface area (Å²) in [5.41, 5.74) is 5.34. The molecule has 1 fully saturated rings. The molecule has 0 unspecified atom stereocenters. The van der Waals surface area contributed by atoms with Crippen LogP contribution < -0.4 is 10.2 Å². The third-order valence-corrected chi connectivity index (χ3v) is 7.39. The summed E-state index contributed by atoms with van der Waals surface area (Å²) in [6, 6.07) is 26.4. The molecule has 1 saturated carbocycles. The van der Waals surface area contributed by atoms with Crippen molar-refractivity contribution in [2.75, 3.05) is 10.2 Å². The first kappa shape index (κ1) is 19.1. The van der Waals surface area contributed by atoms with Crippen LogP contribution in [0.3, 0.4) is 0 Å². The number of anilines is 2. The van der Waals surface area contributed by atoms with E-state index in [0.29, 0.717) is 5.92 Å². The molecule has 160 valence electrons. The Kier molecular flexibility index (Phi) is 4.32. The van der Waals surface area contributed by atoms with E-state index in [1.807, 2.05) is 12.1 Å². The molecule has 32 heavy (non-hydrogen) atoms. The maximum absolute atomic E-state index is 11.6. The molecule has 2 aliphatic heterocycles. The van der Waals surface area contributed by atoms with Gasteiger partial charge in [-0.05, 0) is 36.5 Å². The van der Waals surface area contributed by atoms with Crippen LogP contribution in [0.1, 0.15) is 42.7 Å². The molecule has 3 aromatic carbocycles. The van der Waals surface area contributed by atoms with E-state index < -0.39 is 0 Å². The van der Waals surface area contributed by atoms with Crippen molar-refractivity contribution in [2.24, 2.45) is 5.92 Å². The number of nitrogens with zero attached hydrogens (tertiary/aromatic N) is 2. The summed E-state index contributed by atoms with van der Waals surface area (Å²) in [4.78, 5) is 13.7. The van der Waals surface area contributed by atoms with Crippen LogP contribution in [0, 0.1) is 16.0 Å². The number of fused-ring (bicyclic) bond motifs is 2. The van der Waals surface area contributed by atoms with E-state index in [9.17, 15) is 10.1 Å². The van der Waals surface area contributed by atoms with Gasteiger partial charge in [0.05, 0.1) is 16.3 Å². The average Bonchev–Trinajstić information content (AvgIpc) is 3.17. The molecule has 0 amide bonds.